The zero-order chi connectivity index (χ0) is 20.3. The molecular weight excluding hydrogens is 416 g/mol. The number of nitrogens with zero attached hydrogens (tertiary/aromatic N) is 4. The zero-order valence-corrected chi connectivity index (χ0v) is 17.2. The molecule has 5 aromatic rings. The standard InChI is InChI=1S/C23H15ClN4OS/c24-18-6-2-3-7-19(18)27-23-28(26-14-16-9-11-25-12-10-16)20(15-30-23)22-13-17-5-1-4-8-21(17)29-22/h1-15H/b26-14+,27-23?. The molecule has 3 aromatic heterocycles. The topological polar surface area (TPSA) is 55.7 Å². The highest BCUT2D eigenvalue weighted by Gasteiger charge is 2.13. The molecule has 30 heavy (non-hydrogen) atoms. The summed E-state index contributed by atoms with van der Waals surface area (Å²) in [5.74, 6) is 0.722. The molecular formula is C23H15ClN4OS. The van der Waals surface area contributed by atoms with E-state index in [1.165, 1.54) is 11.3 Å². The molecule has 2 aromatic carbocycles. The number of benzene rings is 2. The Kier molecular flexibility index (Phi) is 5.01. The van der Waals surface area contributed by atoms with Crippen molar-refractivity contribution >= 4 is 45.8 Å². The van der Waals surface area contributed by atoms with Crippen molar-refractivity contribution in [3.05, 3.63) is 99.9 Å². The smallest absolute Gasteiger partial charge is 0.211 e. The minimum Gasteiger partial charge on any atom is -0.454 e. The van der Waals surface area contributed by atoms with E-state index in [0.29, 0.717) is 15.5 Å². The summed E-state index contributed by atoms with van der Waals surface area (Å²) in [4.78, 5) is 9.47. The van der Waals surface area contributed by atoms with Gasteiger partial charge in [0.1, 0.15) is 11.3 Å². The van der Waals surface area contributed by atoms with Gasteiger partial charge in [0, 0.05) is 23.2 Å². The number of halogens is 1. The van der Waals surface area contributed by atoms with Gasteiger partial charge in [0.25, 0.3) is 0 Å². The van der Waals surface area contributed by atoms with Gasteiger partial charge in [-0.1, -0.05) is 41.9 Å². The lowest BCUT2D eigenvalue weighted by atomic mass is 10.2. The molecule has 0 bridgehead atoms. The number of thiazole rings is 1. The third-order valence-corrected chi connectivity index (χ3v) is 5.60. The second-order valence-electron chi connectivity index (χ2n) is 6.45. The molecule has 0 unspecified atom stereocenters. The van der Waals surface area contributed by atoms with E-state index in [1.807, 2.05) is 72.1 Å². The van der Waals surface area contributed by atoms with Crippen molar-refractivity contribution < 1.29 is 4.42 Å². The molecule has 0 N–H and O–H groups in total. The van der Waals surface area contributed by atoms with Crippen LogP contribution in [0.2, 0.25) is 5.02 Å². The average Bonchev–Trinajstić information content (AvgIpc) is 3.38. The Labute approximate surface area is 181 Å². The van der Waals surface area contributed by atoms with E-state index in [1.54, 1.807) is 23.3 Å². The molecule has 0 aliphatic heterocycles. The second kappa shape index (κ2) is 8.10. The first-order valence-corrected chi connectivity index (χ1v) is 10.5. The summed E-state index contributed by atoms with van der Waals surface area (Å²) in [6.07, 6.45) is 5.23. The Bertz CT molecular complexity index is 1380. The number of fused-ring (bicyclic) bond motifs is 1. The molecule has 0 amide bonds. The third-order valence-electron chi connectivity index (χ3n) is 4.46. The van der Waals surface area contributed by atoms with Crippen LogP contribution in [-0.4, -0.2) is 15.9 Å². The Hall–Kier alpha value is -3.48. The molecule has 0 fully saturated rings. The van der Waals surface area contributed by atoms with E-state index in [9.17, 15) is 0 Å². The Morgan fingerprint density at radius 2 is 1.80 bits per heavy atom. The van der Waals surface area contributed by atoms with Crippen molar-refractivity contribution in [3.8, 4) is 11.5 Å². The van der Waals surface area contributed by atoms with Gasteiger partial charge in [-0.2, -0.15) is 5.10 Å². The van der Waals surface area contributed by atoms with Crippen molar-refractivity contribution in [1.82, 2.24) is 9.66 Å². The highest BCUT2D eigenvalue weighted by atomic mass is 35.5. The Balaban J connectivity index is 1.68. The first-order chi connectivity index (χ1) is 14.8. The van der Waals surface area contributed by atoms with Gasteiger partial charge in [0.05, 0.1) is 16.9 Å². The van der Waals surface area contributed by atoms with Gasteiger partial charge < -0.3 is 4.42 Å². The van der Waals surface area contributed by atoms with E-state index >= 15 is 0 Å². The van der Waals surface area contributed by atoms with Crippen molar-refractivity contribution in [2.24, 2.45) is 10.1 Å². The van der Waals surface area contributed by atoms with Crippen LogP contribution in [0.5, 0.6) is 0 Å². The summed E-state index contributed by atoms with van der Waals surface area (Å²) in [5, 5.41) is 8.29. The normalized spacial score (nSPS) is 12.2. The van der Waals surface area contributed by atoms with Crippen LogP contribution in [-0.2, 0) is 0 Å². The first kappa shape index (κ1) is 18.5. The maximum Gasteiger partial charge on any atom is 0.211 e. The van der Waals surface area contributed by atoms with Crippen LogP contribution in [0.25, 0.3) is 22.4 Å². The Morgan fingerprint density at radius 3 is 2.63 bits per heavy atom. The van der Waals surface area contributed by atoms with Crippen LogP contribution in [0.4, 0.5) is 5.69 Å². The summed E-state index contributed by atoms with van der Waals surface area (Å²) in [6.45, 7) is 0. The molecule has 0 spiro atoms. The van der Waals surface area contributed by atoms with Crippen LogP contribution in [0.3, 0.4) is 0 Å². The fourth-order valence-corrected chi connectivity index (χ4v) is 3.99. The lowest BCUT2D eigenvalue weighted by molar-refractivity contribution is 0.622. The summed E-state index contributed by atoms with van der Waals surface area (Å²) < 4.78 is 7.84. The Morgan fingerprint density at radius 1 is 1.00 bits per heavy atom. The second-order valence-corrected chi connectivity index (χ2v) is 7.70. The number of rotatable bonds is 4. The highest BCUT2D eigenvalue weighted by molar-refractivity contribution is 7.07. The molecule has 0 saturated carbocycles. The van der Waals surface area contributed by atoms with Gasteiger partial charge in [-0.3, -0.25) is 4.98 Å². The third kappa shape index (κ3) is 3.70. The molecule has 5 rings (SSSR count). The van der Waals surface area contributed by atoms with Crippen LogP contribution in [0, 0.1) is 0 Å². The van der Waals surface area contributed by atoms with Gasteiger partial charge in [-0.15, -0.1) is 11.3 Å². The monoisotopic (exact) mass is 430 g/mol. The maximum absolute atomic E-state index is 6.31. The molecule has 3 heterocycles. The van der Waals surface area contributed by atoms with Gasteiger partial charge in [0.15, 0.2) is 5.76 Å². The van der Waals surface area contributed by atoms with Gasteiger partial charge in [-0.05, 0) is 42.0 Å². The quantitative estimate of drug-likeness (QED) is 0.322. The van der Waals surface area contributed by atoms with E-state index in [-0.39, 0.29) is 0 Å². The molecule has 0 saturated heterocycles. The lowest BCUT2D eigenvalue weighted by Crippen LogP contribution is -2.11. The number of hydrogen-bond acceptors (Lipinski definition) is 5. The summed E-state index contributed by atoms with van der Waals surface area (Å²) in [5.41, 5.74) is 3.26. The zero-order valence-electron chi connectivity index (χ0n) is 15.6. The van der Waals surface area contributed by atoms with Gasteiger partial charge in [-0.25, -0.2) is 9.67 Å². The fourth-order valence-electron chi connectivity index (χ4n) is 2.99. The van der Waals surface area contributed by atoms with Crippen molar-refractivity contribution in [3.63, 3.8) is 0 Å². The van der Waals surface area contributed by atoms with Crippen LogP contribution < -0.4 is 4.80 Å². The van der Waals surface area contributed by atoms with E-state index in [2.05, 4.69) is 10.1 Å². The summed E-state index contributed by atoms with van der Waals surface area (Å²) in [7, 11) is 0. The van der Waals surface area contributed by atoms with E-state index in [4.69, 9.17) is 21.0 Å². The predicted molar refractivity (Wildman–Crippen MR) is 121 cm³/mol. The largest absolute Gasteiger partial charge is 0.454 e. The number of pyridine rings is 1. The highest BCUT2D eigenvalue weighted by Crippen LogP contribution is 2.29. The number of hydrogen-bond donors (Lipinski definition) is 0. The minimum absolute atomic E-state index is 0.584. The van der Waals surface area contributed by atoms with Gasteiger partial charge in [0.2, 0.25) is 4.80 Å². The molecule has 0 radical (unpaired) electrons. The van der Waals surface area contributed by atoms with Crippen molar-refractivity contribution in [2.75, 3.05) is 0 Å². The fraction of sp³-hybridized carbons (Fsp3) is 0. The summed E-state index contributed by atoms with van der Waals surface area (Å²) in [6, 6.07) is 21.2. The molecule has 146 valence electrons. The number of furan rings is 1. The molecule has 0 aliphatic rings. The van der Waals surface area contributed by atoms with Crippen LogP contribution in [0.1, 0.15) is 5.56 Å². The average molecular weight is 431 g/mol. The van der Waals surface area contributed by atoms with E-state index in [0.717, 1.165) is 28.0 Å². The molecule has 0 aliphatic carbocycles. The maximum atomic E-state index is 6.31. The first-order valence-electron chi connectivity index (χ1n) is 9.21. The lowest BCUT2D eigenvalue weighted by Gasteiger charge is -2.01. The van der Waals surface area contributed by atoms with E-state index < -0.39 is 0 Å². The number of para-hydroxylation sites is 2. The minimum atomic E-state index is 0.584. The molecule has 0 atom stereocenters. The van der Waals surface area contributed by atoms with Crippen molar-refractivity contribution in [1.29, 1.82) is 0 Å². The van der Waals surface area contributed by atoms with Crippen LogP contribution in [0.15, 0.2) is 99.0 Å². The summed E-state index contributed by atoms with van der Waals surface area (Å²) >= 11 is 7.79. The predicted octanol–water partition coefficient (Wildman–Crippen LogP) is 6.13. The molecule has 5 nitrogen and oxygen atoms in total. The molecule has 7 heteroatoms. The van der Waals surface area contributed by atoms with Crippen molar-refractivity contribution in [2.45, 2.75) is 0 Å². The number of aromatic nitrogens is 2. The van der Waals surface area contributed by atoms with Gasteiger partial charge >= 0.3 is 0 Å². The van der Waals surface area contributed by atoms with Crippen LogP contribution >= 0.6 is 22.9 Å². The SMILES string of the molecule is Clc1ccccc1N=c1scc(-c2cc3ccccc3o2)n1/N=C/c1ccncc1.